The summed E-state index contributed by atoms with van der Waals surface area (Å²) in [6.45, 7) is 1.95. The number of benzene rings is 1. The molecule has 0 radical (unpaired) electrons. The fourth-order valence-electron chi connectivity index (χ4n) is 1.49. The van der Waals surface area contributed by atoms with E-state index >= 15 is 0 Å². The highest BCUT2D eigenvalue weighted by Crippen LogP contribution is 2.33. The van der Waals surface area contributed by atoms with Crippen LogP contribution in [-0.4, -0.2) is 9.97 Å². The highest BCUT2D eigenvalue weighted by Gasteiger charge is 2.11. The standard InChI is InChI=1S/C12H11Cl2N3O/c1-2-8-11(15)16-6-17-12(8)18-10-5-7(13)3-4-9(10)14/h3-6H,2H2,1H3,(H2,15,16,17). The summed E-state index contributed by atoms with van der Waals surface area (Å²) < 4.78 is 5.65. The number of halogens is 2. The molecule has 1 aromatic carbocycles. The smallest absolute Gasteiger partial charge is 0.227 e. The molecule has 1 aromatic heterocycles. The fraction of sp³-hybridized carbons (Fsp3) is 0.167. The quantitative estimate of drug-likeness (QED) is 0.933. The van der Waals surface area contributed by atoms with Gasteiger partial charge in [0, 0.05) is 11.1 Å². The van der Waals surface area contributed by atoms with E-state index in [9.17, 15) is 0 Å². The zero-order valence-corrected chi connectivity index (χ0v) is 11.2. The first-order valence-electron chi connectivity index (χ1n) is 5.34. The molecule has 0 atom stereocenters. The first kappa shape index (κ1) is 12.9. The average Bonchev–Trinajstić information content (AvgIpc) is 2.34. The molecule has 0 bridgehead atoms. The second-order valence-electron chi connectivity index (χ2n) is 3.57. The molecule has 0 spiro atoms. The number of nitrogen functional groups attached to an aromatic ring is 1. The van der Waals surface area contributed by atoms with Gasteiger partial charge in [0.2, 0.25) is 5.88 Å². The van der Waals surface area contributed by atoms with Crippen LogP contribution in [0.4, 0.5) is 5.82 Å². The highest BCUT2D eigenvalue weighted by atomic mass is 35.5. The van der Waals surface area contributed by atoms with Gasteiger partial charge in [0.15, 0.2) is 0 Å². The number of aromatic nitrogens is 2. The third-order valence-corrected chi connectivity index (χ3v) is 2.94. The monoisotopic (exact) mass is 283 g/mol. The summed E-state index contributed by atoms with van der Waals surface area (Å²) >= 11 is 11.9. The van der Waals surface area contributed by atoms with Gasteiger partial charge >= 0.3 is 0 Å². The van der Waals surface area contributed by atoms with Crippen molar-refractivity contribution in [1.82, 2.24) is 9.97 Å². The van der Waals surface area contributed by atoms with E-state index in [0.29, 0.717) is 33.9 Å². The van der Waals surface area contributed by atoms with Crippen molar-refractivity contribution in [2.75, 3.05) is 5.73 Å². The molecular formula is C12H11Cl2N3O. The van der Waals surface area contributed by atoms with E-state index in [-0.39, 0.29) is 0 Å². The molecule has 0 amide bonds. The van der Waals surface area contributed by atoms with E-state index in [4.69, 9.17) is 33.7 Å². The third kappa shape index (κ3) is 2.66. The molecule has 2 N–H and O–H groups in total. The first-order valence-corrected chi connectivity index (χ1v) is 6.09. The van der Waals surface area contributed by atoms with Crippen molar-refractivity contribution >= 4 is 29.0 Å². The van der Waals surface area contributed by atoms with Crippen LogP contribution >= 0.6 is 23.2 Å². The maximum atomic E-state index is 6.02. The van der Waals surface area contributed by atoms with Crippen LogP contribution in [0.3, 0.4) is 0 Å². The summed E-state index contributed by atoms with van der Waals surface area (Å²) in [6.07, 6.45) is 2.02. The number of nitrogens with two attached hydrogens (primary N) is 1. The lowest BCUT2D eigenvalue weighted by Crippen LogP contribution is -2.01. The Balaban J connectivity index is 2.40. The maximum Gasteiger partial charge on any atom is 0.227 e. The normalized spacial score (nSPS) is 10.4. The van der Waals surface area contributed by atoms with E-state index < -0.39 is 0 Å². The number of rotatable bonds is 3. The second kappa shape index (κ2) is 5.42. The lowest BCUT2D eigenvalue weighted by molar-refractivity contribution is 0.456. The van der Waals surface area contributed by atoms with Crippen LogP contribution in [0.25, 0.3) is 0 Å². The van der Waals surface area contributed by atoms with Crippen LogP contribution in [-0.2, 0) is 6.42 Å². The molecule has 4 nitrogen and oxygen atoms in total. The number of anilines is 1. The van der Waals surface area contributed by atoms with Gasteiger partial charge in [0.1, 0.15) is 17.9 Å². The first-order chi connectivity index (χ1) is 8.61. The van der Waals surface area contributed by atoms with Gasteiger partial charge in [-0.3, -0.25) is 0 Å². The number of hydrogen-bond acceptors (Lipinski definition) is 4. The zero-order valence-electron chi connectivity index (χ0n) is 9.65. The molecule has 0 aliphatic carbocycles. The fourth-order valence-corrected chi connectivity index (χ4v) is 1.81. The SMILES string of the molecule is CCc1c(N)ncnc1Oc1cc(Cl)ccc1Cl. The molecular weight excluding hydrogens is 273 g/mol. The molecule has 0 unspecified atom stereocenters. The van der Waals surface area contributed by atoms with Crippen molar-refractivity contribution in [2.45, 2.75) is 13.3 Å². The molecule has 0 aliphatic rings. The topological polar surface area (TPSA) is 61.0 Å². The van der Waals surface area contributed by atoms with Crippen molar-refractivity contribution in [3.05, 3.63) is 40.1 Å². The van der Waals surface area contributed by atoms with Crippen molar-refractivity contribution in [3.8, 4) is 11.6 Å². The minimum absolute atomic E-state index is 0.397. The Morgan fingerprint density at radius 3 is 2.78 bits per heavy atom. The van der Waals surface area contributed by atoms with Gasteiger partial charge in [-0.05, 0) is 18.6 Å². The van der Waals surface area contributed by atoms with Crippen LogP contribution in [0.1, 0.15) is 12.5 Å². The predicted octanol–water partition coefficient (Wildman–Crippen LogP) is 3.72. The molecule has 0 saturated heterocycles. The average molecular weight is 284 g/mol. The molecule has 94 valence electrons. The Kier molecular flexibility index (Phi) is 3.89. The summed E-state index contributed by atoms with van der Waals surface area (Å²) in [7, 11) is 0. The number of hydrogen-bond donors (Lipinski definition) is 1. The van der Waals surface area contributed by atoms with E-state index in [1.165, 1.54) is 6.33 Å². The summed E-state index contributed by atoms with van der Waals surface area (Å²) in [5.74, 6) is 1.24. The van der Waals surface area contributed by atoms with Crippen LogP contribution < -0.4 is 10.5 Å². The molecule has 18 heavy (non-hydrogen) atoms. The minimum Gasteiger partial charge on any atom is -0.437 e. The highest BCUT2D eigenvalue weighted by molar-refractivity contribution is 6.34. The van der Waals surface area contributed by atoms with E-state index in [1.54, 1.807) is 18.2 Å². The molecule has 6 heteroatoms. The van der Waals surface area contributed by atoms with Crippen molar-refractivity contribution in [1.29, 1.82) is 0 Å². The second-order valence-corrected chi connectivity index (χ2v) is 4.42. The number of ether oxygens (including phenoxy) is 1. The van der Waals surface area contributed by atoms with E-state index in [0.717, 1.165) is 5.56 Å². The Morgan fingerprint density at radius 2 is 2.06 bits per heavy atom. The Hall–Kier alpha value is -1.52. The Morgan fingerprint density at radius 1 is 1.28 bits per heavy atom. The lowest BCUT2D eigenvalue weighted by Gasteiger charge is -2.11. The lowest BCUT2D eigenvalue weighted by atomic mass is 10.2. The van der Waals surface area contributed by atoms with Crippen LogP contribution in [0.2, 0.25) is 10.0 Å². The minimum atomic E-state index is 0.397. The van der Waals surface area contributed by atoms with Crippen molar-refractivity contribution < 1.29 is 4.74 Å². The summed E-state index contributed by atoms with van der Waals surface area (Å²) in [5.41, 5.74) is 6.51. The van der Waals surface area contributed by atoms with Gasteiger partial charge in [-0.25, -0.2) is 9.97 Å². The van der Waals surface area contributed by atoms with Gasteiger partial charge in [-0.1, -0.05) is 30.1 Å². The summed E-state index contributed by atoms with van der Waals surface area (Å²) in [6, 6.07) is 4.98. The number of nitrogens with zero attached hydrogens (tertiary/aromatic N) is 2. The molecule has 2 aromatic rings. The van der Waals surface area contributed by atoms with Crippen LogP contribution in [0, 0.1) is 0 Å². The van der Waals surface area contributed by atoms with Gasteiger partial charge in [0.05, 0.1) is 10.6 Å². The van der Waals surface area contributed by atoms with Gasteiger partial charge < -0.3 is 10.5 Å². The maximum absolute atomic E-state index is 6.02. The molecule has 1 heterocycles. The summed E-state index contributed by atoms with van der Waals surface area (Å²) in [5, 5.41) is 0.994. The Bertz CT molecular complexity index is 575. The molecule has 0 aliphatic heterocycles. The summed E-state index contributed by atoms with van der Waals surface area (Å²) in [4.78, 5) is 7.98. The van der Waals surface area contributed by atoms with Gasteiger partial charge in [-0.2, -0.15) is 0 Å². The Labute approximate surface area is 115 Å². The van der Waals surface area contributed by atoms with Crippen LogP contribution in [0.5, 0.6) is 11.6 Å². The van der Waals surface area contributed by atoms with Crippen LogP contribution in [0.15, 0.2) is 24.5 Å². The van der Waals surface area contributed by atoms with Crippen molar-refractivity contribution in [3.63, 3.8) is 0 Å². The molecule has 0 saturated carbocycles. The van der Waals surface area contributed by atoms with E-state index in [2.05, 4.69) is 9.97 Å². The zero-order chi connectivity index (χ0) is 13.1. The van der Waals surface area contributed by atoms with E-state index in [1.807, 2.05) is 6.92 Å². The van der Waals surface area contributed by atoms with Gasteiger partial charge in [0.25, 0.3) is 0 Å². The van der Waals surface area contributed by atoms with Gasteiger partial charge in [-0.15, -0.1) is 0 Å². The molecule has 0 fully saturated rings. The molecule has 2 rings (SSSR count). The predicted molar refractivity (Wildman–Crippen MR) is 72.4 cm³/mol. The third-order valence-electron chi connectivity index (χ3n) is 2.39. The van der Waals surface area contributed by atoms with Crippen molar-refractivity contribution in [2.24, 2.45) is 0 Å². The largest absolute Gasteiger partial charge is 0.437 e.